The van der Waals surface area contributed by atoms with E-state index in [1.165, 1.54) is 14.0 Å². The molecule has 0 aromatic carbocycles. The van der Waals surface area contributed by atoms with Crippen molar-refractivity contribution in [1.82, 2.24) is 13.9 Å². The Balaban J connectivity index is 2.09. The normalized spacial score (nSPS) is 15.6. The Morgan fingerprint density at radius 1 is 1.41 bits per heavy atom. The van der Waals surface area contributed by atoms with Crippen molar-refractivity contribution in [3.8, 4) is 0 Å². The molecule has 1 aliphatic rings. The smallest absolute Gasteiger partial charge is 0.329 e. The maximum absolute atomic E-state index is 14.5. The molecule has 2 aromatic heterocycles. The lowest BCUT2D eigenvalue weighted by molar-refractivity contribution is -0.162. The first-order valence-corrected chi connectivity index (χ1v) is 11.9. The maximum atomic E-state index is 14.5. The first-order valence-electron chi connectivity index (χ1n) is 8.56. The van der Waals surface area contributed by atoms with Crippen LogP contribution in [0.4, 0.5) is 4.39 Å². The number of ether oxygens (including phenoxy) is 1. The molecule has 27 heavy (non-hydrogen) atoms. The third kappa shape index (κ3) is 3.67. The zero-order valence-corrected chi connectivity index (χ0v) is 18.7. The summed E-state index contributed by atoms with van der Waals surface area (Å²) in [5.41, 5.74) is 0.613. The largest absolute Gasteiger partial charge is 0.458 e. The number of nitrogens with zero attached hydrogens (tertiary/aromatic N) is 3. The van der Waals surface area contributed by atoms with Gasteiger partial charge in [0.05, 0.1) is 18.3 Å². The Labute approximate surface area is 173 Å². The van der Waals surface area contributed by atoms with Crippen LogP contribution in [0.5, 0.6) is 0 Å². The molecular formula is C18H21FIN3O3S. The molecule has 9 heteroatoms. The highest BCUT2D eigenvalue weighted by Crippen LogP contribution is 2.36. The summed E-state index contributed by atoms with van der Waals surface area (Å²) in [6, 6.07) is -0.803. The summed E-state index contributed by atoms with van der Waals surface area (Å²) in [5, 5.41) is 0.520. The fourth-order valence-electron chi connectivity index (χ4n) is 3.32. The quantitative estimate of drug-likeness (QED) is 0.457. The summed E-state index contributed by atoms with van der Waals surface area (Å²) >= 11 is 2.08. The highest BCUT2D eigenvalue weighted by atomic mass is 127. The van der Waals surface area contributed by atoms with Gasteiger partial charge in [-0.1, -0.05) is 13.8 Å². The van der Waals surface area contributed by atoms with Gasteiger partial charge in [0.15, 0.2) is 5.65 Å². The van der Waals surface area contributed by atoms with Crippen LogP contribution in [-0.4, -0.2) is 37.4 Å². The molecule has 146 valence electrons. The molecule has 0 bridgehead atoms. The second-order valence-corrected chi connectivity index (χ2v) is 9.59. The molecule has 0 radical (unpaired) electrons. The third-order valence-electron chi connectivity index (χ3n) is 4.35. The summed E-state index contributed by atoms with van der Waals surface area (Å²) < 4.78 is 21.8. The van der Waals surface area contributed by atoms with Crippen molar-refractivity contribution < 1.29 is 18.7 Å². The van der Waals surface area contributed by atoms with E-state index in [4.69, 9.17) is 4.74 Å². The van der Waals surface area contributed by atoms with E-state index in [1.807, 2.05) is 13.8 Å². The zero-order valence-electron chi connectivity index (χ0n) is 15.7. The van der Waals surface area contributed by atoms with Crippen LogP contribution in [0.15, 0.2) is 12.4 Å². The molecule has 3 rings (SSSR count). The number of carbonyl (C=O) groups excluding carboxylic acids is 2. The van der Waals surface area contributed by atoms with Gasteiger partial charge in [0.2, 0.25) is 0 Å². The van der Waals surface area contributed by atoms with Crippen LogP contribution in [0.1, 0.15) is 50.5 Å². The summed E-state index contributed by atoms with van der Waals surface area (Å²) in [4.78, 5) is 31.6. The average Bonchev–Trinajstić information content (AvgIpc) is 2.92. The van der Waals surface area contributed by atoms with Gasteiger partial charge >= 0.3 is 5.97 Å². The topological polar surface area (TPSA) is 64.4 Å². The van der Waals surface area contributed by atoms with Gasteiger partial charge in [0, 0.05) is 47.5 Å². The van der Waals surface area contributed by atoms with Crippen LogP contribution >= 0.6 is 30.3 Å². The van der Waals surface area contributed by atoms with Crippen molar-refractivity contribution in [3.63, 3.8) is 0 Å². The minimum Gasteiger partial charge on any atom is -0.458 e. The van der Waals surface area contributed by atoms with Gasteiger partial charge in [-0.3, -0.25) is 8.77 Å². The van der Waals surface area contributed by atoms with Crippen molar-refractivity contribution in [2.24, 2.45) is 5.92 Å². The van der Waals surface area contributed by atoms with E-state index in [0.29, 0.717) is 22.2 Å². The number of hydrogen-bond acceptors (Lipinski definition) is 5. The Bertz CT molecular complexity index is 923. The van der Waals surface area contributed by atoms with Crippen LogP contribution < -0.4 is 0 Å². The van der Waals surface area contributed by atoms with Gasteiger partial charge in [0.25, 0.3) is 5.91 Å². The molecule has 0 spiro atoms. The number of carbonyl (C=O) groups is 2. The maximum Gasteiger partial charge on any atom is 0.329 e. The lowest BCUT2D eigenvalue weighted by Gasteiger charge is -2.36. The van der Waals surface area contributed by atoms with Crippen LogP contribution in [0, 0.1) is 11.7 Å². The van der Waals surface area contributed by atoms with Crippen LogP contribution in [0.3, 0.4) is 0 Å². The van der Waals surface area contributed by atoms with Gasteiger partial charge in [0.1, 0.15) is 17.5 Å². The molecule has 1 atom stereocenters. The summed E-state index contributed by atoms with van der Waals surface area (Å²) in [6.45, 7) is 9.05. The Kier molecular flexibility index (Phi) is 5.46. The summed E-state index contributed by atoms with van der Waals surface area (Å²) in [5.74, 6) is -1.47. The monoisotopic (exact) mass is 505 g/mol. The number of rotatable bonds is 4. The number of hydrogen-bond donors (Lipinski definition) is 0. The van der Waals surface area contributed by atoms with Crippen LogP contribution in [0.2, 0.25) is 0 Å². The van der Waals surface area contributed by atoms with Crippen LogP contribution in [0.25, 0.3) is 11.0 Å². The summed E-state index contributed by atoms with van der Waals surface area (Å²) in [7, 11) is 1.35. The van der Waals surface area contributed by atoms with Crippen molar-refractivity contribution in [3.05, 3.63) is 29.3 Å². The van der Waals surface area contributed by atoms with E-state index < -0.39 is 23.4 Å². The predicted octanol–water partition coefficient (Wildman–Crippen LogP) is 4.34. The number of amides is 1. The third-order valence-corrected chi connectivity index (χ3v) is 6.05. The Morgan fingerprint density at radius 2 is 2.07 bits per heavy atom. The highest BCUT2D eigenvalue weighted by Gasteiger charge is 2.40. The van der Waals surface area contributed by atoms with E-state index >= 15 is 0 Å². The SMILES string of the molecule is CC(C)C(C(=O)OC(C)(C)C)N1Cc2c(F)cnc3c2c(cn3SI)C1=O. The second kappa shape index (κ2) is 7.23. The molecular weight excluding hydrogens is 484 g/mol. The minimum absolute atomic E-state index is 0.00863. The Morgan fingerprint density at radius 3 is 2.63 bits per heavy atom. The second-order valence-electron chi connectivity index (χ2n) is 7.88. The van der Waals surface area contributed by atoms with Crippen molar-refractivity contribution in [2.45, 2.75) is 52.8 Å². The number of aromatic nitrogens is 2. The van der Waals surface area contributed by atoms with Gasteiger partial charge in [-0.25, -0.2) is 14.2 Å². The van der Waals surface area contributed by atoms with E-state index in [2.05, 4.69) is 26.2 Å². The first kappa shape index (κ1) is 20.4. The minimum atomic E-state index is -0.803. The lowest BCUT2D eigenvalue weighted by Crippen LogP contribution is -2.51. The van der Waals surface area contributed by atoms with Crippen molar-refractivity contribution >= 4 is 53.2 Å². The molecule has 0 aliphatic carbocycles. The van der Waals surface area contributed by atoms with Gasteiger partial charge in [-0.2, -0.15) is 0 Å². The molecule has 2 aromatic rings. The molecule has 1 aliphatic heterocycles. The van der Waals surface area contributed by atoms with E-state index in [9.17, 15) is 14.0 Å². The molecule has 3 heterocycles. The van der Waals surface area contributed by atoms with Crippen molar-refractivity contribution in [1.29, 1.82) is 0 Å². The van der Waals surface area contributed by atoms with E-state index in [0.717, 1.165) is 6.20 Å². The standard InChI is InChI=1S/C18H21FIN3O3S/c1-9(2)14(17(25)26-18(3,4)5)22-7-10-12(19)6-21-15-13(10)11(16(22)24)8-23(15)27-20/h6,8-9,14H,7H2,1-5H3. The molecule has 0 fully saturated rings. The fourth-order valence-corrected chi connectivity index (χ4v) is 4.57. The van der Waals surface area contributed by atoms with Gasteiger partial charge in [-0.05, 0) is 26.7 Å². The molecule has 1 amide bonds. The van der Waals surface area contributed by atoms with E-state index in [1.54, 1.807) is 30.9 Å². The highest BCUT2D eigenvalue weighted by molar-refractivity contribution is 14.2. The first-order chi connectivity index (χ1) is 12.5. The summed E-state index contributed by atoms with van der Waals surface area (Å²) in [6.07, 6.45) is 2.81. The van der Waals surface area contributed by atoms with Gasteiger partial charge in [-0.15, -0.1) is 0 Å². The van der Waals surface area contributed by atoms with Gasteiger partial charge < -0.3 is 9.64 Å². The Hall–Kier alpha value is -1.36. The molecule has 1 unspecified atom stereocenters. The number of pyridine rings is 1. The molecule has 0 N–H and O–H groups in total. The molecule has 0 saturated heterocycles. The fraction of sp³-hybridized carbons (Fsp3) is 0.500. The van der Waals surface area contributed by atoms with Crippen molar-refractivity contribution in [2.75, 3.05) is 0 Å². The lowest BCUT2D eigenvalue weighted by atomic mass is 9.96. The van der Waals surface area contributed by atoms with Crippen LogP contribution in [-0.2, 0) is 16.1 Å². The average molecular weight is 505 g/mol. The number of halogens is 2. The molecule has 6 nitrogen and oxygen atoms in total. The van der Waals surface area contributed by atoms with E-state index in [-0.39, 0.29) is 18.4 Å². The molecule has 0 saturated carbocycles. The zero-order chi connectivity index (χ0) is 20.1. The number of esters is 1. The predicted molar refractivity (Wildman–Crippen MR) is 111 cm³/mol.